The van der Waals surface area contributed by atoms with Crippen LogP contribution in [0, 0.1) is 0 Å². The van der Waals surface area contributed by atoms with E-state index in [1.54, 1.807) is 0 Å². The van der Waals surface area contributed by atoms with Gasteiger partial charge in [0.25, 0.3) is 0 Å². The van der Waals surface area contributed by atoms with Crippen molar-refractivity contribution < 1.29 is 0 Å². The molecule has 1 atom stereocenters. The Morgan fingerprint density at radius 2 is 1.70 bits per heavy atom. The van der Waals surface area contributed by atoms with Crippen molar-refractivity contribution in [1.29, 1.82) is 0 Å². The van der Waals surface area contributed by atoms with Crippen molar-refractivity contribution in [2.24, 2.45) is 4.99 Å². The maximum atomic E-state index is 4.40. The predicted octanol–water partition coefficient (Wildman–Crippen LogP) is 3.72. The Bertz CT molecular complexity index is 269. The Kier molecular flexibility index (Phi) is 7.95. The summed E-state index contributed by atoms with van der Waals surface area (Å²) in [5.74, 6) is 0. The molecule has 0 saturated heterocycles. The second-order valence-corrected chi connectivity index (χ2v) is 6.08. The van der Waals surface area contributed by atoms with Crippen LogP contribution in [0.1, 0.15) is 64.2 Å². The summed E-state index contributed by atoms with van der Waals surface area (Å²) in [6.45, 7) is 3.05. The van der Waals surface area contributed by atoms with Crippen molar-refractivity contribution in [3.63, 3.8) is 0 Å². The van der Waals surface area contributed by atoms with Crippen LogP contribution in [0.4, 0.5) is 0 Å². The molecule has 2 aliphatic rings. The molecule has 1 aliphatic carbocycles. The molecular formula is C17H31N3. The van der Waals surface area contributed by atoms with Crippen LogP contribution >= 0.6 is 0 Å². The van der Waals surface area contributed by atoms with Crippen LogP contribution in [0.15, 0.2) is 17.1 Å². The van der Waals surface area contributed by atoms with Crippen molar-refractivity contribution >= 4 is 6.21 Å². The Hall–Kier alpha value is -0.670. The molecule has 0 aromatic heterocycles. The zero-order valence-electron chi connectivity index (χ0n) is 12.9. The molecule has 1 heterocycles. The Balaban J connectivity index is 1.86. The Labute approximate surface area is 124 Å². The molecule has 3 nitrogen and oxygen atoms in total. The number of aliphatic imine (C=N–C) groups is 1. The molecule has 2 rings (SSSR count). The summed E-state index contributed by atoms with van der Waals surface area (Å²) in [4.78, 5) is 7.09. The molecule has 0 spiro atoms. The van der Waals surface area contributed by atoms with Crippen molar-refractivity contribution in [3.05, 3.63) is 12.2 Å². The van der Waals surface area contributed by atoms with Gasteiger partial charge in [-0.25, -0.2) is 0 Å². The van der Waals surface area contributed by atoms with Crippen LogP contribution in [0.3, 0.4) is 0 Å². The second-order valence-electron chi connectivity index (χ2n) is 6.08. The van der Waals surface area contributed by atoms with Gasteiger partial charge in [0.05, 0.1) is 6.67 Å². The lowest BCUT2D eigenvalue weighted by molar-refractivity contribution is 0.156. The van der Waals surface area contributed by atoms with Crippen LogP contribution < -0.4 is 5.32 Å². The van der Waals surface area contributed by atoms with Crippen LogP contribution in [-0.4, -0.2) is 37.0 Å². The monoisotopic (exact) mass is 277 g/mol. The molecule has 0 amide bonds. The van der Waals surface area contributed by atoms with E-state index in [4.69, 9.17) is 0 Å². The first-order chi connectivity index (χ1) is 9.97. The Morgan fingerprint density at radius 3 is 2.65 bits per heavy atom. The van der Waals surface area contributed by atoms with E-state index >= 15 is 0 Å². The molecule has 20 heavy (non-hydrogen) atoms. The van der Waals surface area contributed by atoms with E-state index in [2.05, 4.69) is 33.6 Å². The molecule has 114 valence electrons. The highest BCUT2D eigenvalue weighted by Crippen LogP contribution is 2.19. The van der Waals surface area contributed by atoms with Crippen molar-refractivity contribution in [2.75, 3.05) is 19.9 Å². The minimum Gasteiger partial charge on any atom is -0.288 e. The number of nitrogens with one attached hydrogen (secondary N) is 1. The smallest absolute Gasteiger partial charge is 0.0890 e. The van der Waals surface area contributed by atoms with E-state index in [9.17, 15) is 0 Å². The molecule has 3 heteroatoms. The highest BCUT2D eigenvalue weighted by molar-refractivity contribution is 5.56. The maximum absolute atomic E-state index is 4.40. The largest absolute Gasteiger partial charge is 0.288 e. The Morgan fingerprint density at radius 1 is 0.900 bits per heavy atom. The normalized spacial score (nSPS) is 31.3. The van der Waals surface area contributed by atoms with E-state index in [1.807, 2.05) is 0 Å². The van der Waals surface area contributed by atoms with Crippen molar-refractivity contribution in [3.8, 4) is 0 Å². The third-order valence-electron chi connectivity index (χ3n) is 4.42. The average molecular weight is 277 g/mol. The lowest BCUT2D eigenvalue weighted by atomic mass is 9.99. The summed E-state index contributed by atoms with van der Waals surface area (Å²) >= 11 is 0. The molecule has 1 aliphatic heterocycles. The summed E-state index contributed by atoms with van der Waals surface area (Å²) in [5, 5.41) is 3.48. The molecule has 0 aromatic carbocycles. The average Bonchev–Trinajstić information content (AvgIpc) is 2.50. The van der Waals surface area contributed by atoms with Gasteiger partial charge in [0.2, 0.25) is 0 Å². The van der Waals surface area contributed by atoms with Gasteiger partial charge >= 0.3 is 0 Å². The van der Waals surface area contributed by atoms with Crippen molar-refractivity contribution in [2.45, 2.75) is 70.3 Å². The lowest BCUT2D eigenvalue weighted by Gasteiger charge is -2.32. The van der Waals surface area contributed by atoms with Gasteiger partial charge in [0, 0.05) is 18.9 Å². The lowest BCUT2D eigenvalue weighted by Crippen LogP contribution is -2.42. The first-order valence-corrected chi connectivity index (χ1v) is 8.55. The van der Waals surface area contributed by atoms with Gasteiger partial charge in [-0.3, -0.25) is 15.2 Å². The van der Waals surface area contributed by atoms with E-state index in [-0.39, 0.29) is 0 Å². The molecule has 0 saturated carbocycles. The molecule has 0 aromatic rings. The quantitative estimate of drug-likeness (QED) is 0.740. The standard InChI is InChI=1S/C17H31N3/c1-2-4-7-11-17(12-8-5-3-1)20-14-10-6-9-13-18-15-19-16-20/h1-2,13,17,19H,3-12,14-16H2/b2-1-,18-13-. The summed E-state index contributed by atoms with van der Waals surface area (Å²) in [7, 11) is 0. The molecule has 0 fully saturated rings. The van der Waals surface area contributed by atoms with Crippen LogP contribution in [0.2, 0.25) is 0 Å². The second kappa shape index (κ2) is 10.1. The maximum Gasteiger partial charge on any atom is 0.0890 e. The third-order valence-corrected chi connectivity index (χ3v) is 4.42. The van der Waals surface area contributed by atoms with Gasteiger partial charge in [0.15, 0.2) is 0 Å². The summed E-state index contributed by atoms with van der Waals surface area (Å²) < 4.78 is 0. The molecule has 1 N–H and O–H groups in total. The highest BCUT2D eigenvalue weighted by Gasteiger charge is 2.17. The number of hydrogen-bond acceptors (Lipinski definition) is 3. The van der Waals surface area contributed by atoms with Gasteiger partial charge in [-0.05, 0) is 64.3 Å². The zero-order valence-corrected chi connectivity index (χ0v) is 12.9. The fourth-order valence-electron chi connectivity index (χ4n) is 3.21. The molecule has 0 bridgehead atoms. The van der Waals surface area contributed by atoms with Gasteiger partial charge in [0.1, 0.15) is 0 Å². The highest BCUT2D eigenvalue weighted by atomic mass is 15.3. The van der Waals surface area contributed by atoms with Crippen molar-refractivity contribution in [1.82, 2.24) is 10.2 Å². The van der Waals surface area contributed by atoms with E-state index in [0.29, 0.717) is 0 Å². The molecular weight excluding hydrogens is 246 g/mol. The van der Waals surface area contributed by atoms with Crippen LogP contribution in [0.25, 0.3) is 0 Å². The predicted molar refractivity (Wildman–Crippen MR) is 87.2 cm³/mol. The first kappa shape index (κ1) is 15.7. The van der Waals surface area contributed by atoms with Crippen LogP contribution in [0.5, 0.6) is 0 Å². The fourth-order valence-corrected chi connectivity index (χ4v) is 3.21. The molecule has 1 unspecified atom stereocenters. The van der Waals surface area contributed by atoms with Crippen LogP contribution in [-0.2, 0) is 0 Å². The SMILES string of the molecule is C1=C\CCCC(N2CCCC/C=N\CNC2)CCCC/1. The summed E-state index contributed by atoms with van der Waals surface area (Å²) in [6.07, 6.45) is 19.9. The number of hydrogen-bond donors (Lipinski definition) is 1. The van der Waals surface area contributed by atoms with Gasteiger partial charge in [-0.2, -0.15) is 0 Å². The van der Waals surface area contributed by atoms with Gasteiger partial charge in [-0.15, -0.1) is 0 Å². The van der Waals surface area contributed by atoms with E-state index < -0.39 is 0 Å². The number of nitrogens with zero attached hydrogens (tertiary/aromatic N) is 2. The number of allylic oxidation sites excluding steroid dienone is 2. The summed E-state index contributed by atoms with van der Waals surface area (Å²) in [5.41, 5.74) is 0. The summed E-state index contributed by atoms with van der Waals surface area (Å²) in [6, 6.07) is 0.775. The minimum atomic E-state index is 0.775. The topological polar surface area (TPSA) is 27.6 Å². The minimum absolute atomic E-state index is 0.775. The number of rotatable bonds is 1. The third kappa shape index (κ3) is 6.19. The van der Waals surface area contributed by atoms with Gasteiger partial charge in [-0.1, -0.05) is 18.6 Å². The van der Waals surface area contributed by atoms with E-state index in [1.165, 1.54) is 64.3 Å². The first-order valence-electron chi connectivity index (χ1n) is 8.55. The zero-order chi connectivity index (χ0) is 13.9. The van der Waals surface area contributed by atoms with Gasteiger partial charge < -0.3 is 0 Å². The van der Waals surface area contributed by atoms with E-state index in [0.717, 1.165) is 25.8 Å². The fraction of sp³-hybridized carbons (Fsp3) is 0.824. The molecule has 0 radical (unpaired) electrons.